The van der Waals surface area contributed by atoms with Crippen molar-refractivity contribution in [2.75, 3.05) is 6.54 Å². The highest BCUT2D eigenvalue weighted by Crippen LogP contribution is 2.19. The zero-order valence-corrected chi connectivity index (χ0v) is 35.8. The number of hydrogen-bond donors (Lipinski definition) is 2. The van der Waals surface area contributed by atoms with Crippen LogP contribution >= 0.6 is 0 Å². The lowest BCUT2D eigenvalue weighted by Gasteiger charge is -2.18. The summed E-state index contributed by atoms with van der Waals surface area (Å²) in [6, 6.07) is 0. The van der Waals surface area contributed by atoms with E-state index in [2.05, 4.69) is 43.5 Å². The molecule has 1 amide bonds. The topological polar surface area (TPSA) is 92.7 Å². The minimum Gasteiger partial charge on any atom is -0.480 e. The summed E-state index contributed by atoms with van der Waals surface area (Å²) in [7, 11) is 0. The van der Waals surface area contributed by atoms with Crippen LogP contribution in [-0.2, 0) is 19.1 Å². The van der Waals surface area contributed by atoms with Crippen LogP contribution in [0.5, 0.6) is 0 Å². The fourth-order valence-corrected chi connectivity index (χ4v) is 7.14. The van der Waals surface area contributed by atoms with Crippen molar-refractivity contribution in [3.05, 3.63) is 24.3 Å². The van der Waals surface area contributed by atoms with Gasteiger partial charge in [0.05, 0.1) is 0 Å². The van der Waals surface area contributed by atoms with Crippen molar-refractivity contribution in [1.29, 1.82) is 0 Å². The van der Waals surface area contributed by atoms with Crippen molar-refractivity contribution in [3.8, 4) is 0 Å². The molecule has 0 saturated carbocycles. The maximum atomic E-state index is 12.8. The molecule has 6 heteroatoms. The maximum Gasteiger partial charge on any atom is 0.322 e. The predicted molar refractivity (Wildman–Crippen MR) is 231 cm³/mol. The summed E-state index contributed by atoms with van der Waals surface area (Å²) in [5.74, 6) is -1.22. The number of rotatable bonds is 43. The Morgan fingerprint density at radius 1 is 0.481 bits per heavy atom. The van der Waals surface area contributed by atoms with Gasteiger partial charge in [0.1, 0.15) is 12.6 Å². The molecule has 0 fully saturated rings. The fraction of sp³-hybridized carbons (Fsp3) is 0.854. The van der Waals surface area contributed by atoms with Gasteiger partial charge in [-0.2, -0.15) is 0 Å². The first-order valence-electron chi connectivity index (χ1n) is 23.5. The molecule has 0 spiro atoms. The molecule has 0 aliphatic carbocycles. The number of esters is 1. The molecule has 0 heterocycles. The lowest BCUT2D eigenvalue weighted by atomic mass is 10.0. The number of carboxylic acid groups (broad SMARTS) is 1. The number of carbonyl (C=O) groups excluding carboxylic acids is 2. The van der Waals surface area contributed by atoms with E-state index in [-0.39, 0.29) is 24.5 Å². The number of carboxylic acids is 1. The smallest absolute Gasteiger partial charge is 0.322 e. The van der Waals surface area contributed by atoms with E-state index in [1.807, 2.05) is 0 Å². The molecule has 0 aromatic heterocycles. The van der Waals surface area contributed by atoms with Gasteiger partial charge >= 0.3 is 11.9 Å². The Labute approximate surface area is 334 Å². The Morgan fingerprint density at radius 3 is 1.31 bits per heavy atom. The van der Waals surface area contributed by atoms with Gasteiger partial charge in [0.25, 0.3) is 0 Å². The van der Waals surface area contributed by atoms with E-state index >= 15 is 0 Å². The molecular formula is C48H89NO5. The van der Waals surface area contributed by atoms with Gasteiger partial charge in [0, 0.05) is 12.8 Å². The summed E-state index contributed by atoms with van der Waals surface area (Å²) >= 11 is 0. The van der Waals surface area contributed by atoms with Gasteiger partial charge in [-0.05, 0) is 70.6 Å². The molecule has 0 rings (SSSR count). The van der Waals surface area contributed by atoms with Crippen molar-refractivity contribution in [3.63, 3.8) is 0 Å². The number of allylic oxidation sites excluding steroid dienone is 4. The summed E-state index contributed by atoms with van der Waals surface area (Å²) in [4.78, 5) is 35.1. The Bertz CT molecular complexity index is 884. The van der Waals surface area contributed by atoms with Gasteiger partial charge in [-0.3, -0.25) is 14.4 Å². The van der Waals surface area contributed by atoms with Crippen LogP contribution in [0.2, 0.25) is 0 Å². The minimum atomic E-state index is -1.01. The van der Waals surface area contributed by atoms with Crippen LogP contribution in [-0.4, -0.2) is 35.6 Å². The zero-order valence-electron chi connectivity index (χ0n) is 35.8. The van der Waals surface area contributed by atoms with Crippen molar-refractivity contribution < 1.29 is 24.2 Å². The van der Waals surface area contributed by atoms with Crippen molar-refractivity contribution >= 4 is 17.8 Å². The van der Waals surface area contributed by atoms with E-state index < -0.39 is 5.97 Å². The fourth-order valence-electron chi connectivity index (χ4n) is 7.14. The van der Waals surface area contributed by atoms with Crippen LogP contribution < -0.4 is 5.32 Å². The van der Waals surface area contributed by atoms with Crippen molar-refractivity contribution in [1.82, 2.24) is 5.32 Å². The molecule has 2 N–H and O–H groups in total. The second kappa shape index (κ2) is 43.6. The first-order chi connectivity index (χ1) is 26.5. The number of aliphatic carboxylic acids is 1. The predicted octanol–water partition coefficient (Wildman–Crippen LogP) is 14.7. The normalized spacial score (nSPS) is 12.2. The summed E-state index contributed by atoms with van der Waals surface area (Å²) < 4.78 is 6.05. The maximum absolute atomic E-state index is 12.8. The molecule has 54 heavy (non-hydrogen) atoms. The van der Waals surface area contributed by atoms with E-state index in [0.29, 0.717) is 12.8 Å². The molecule has 316 valence electrons. The van der Waals surface area contributed by atoms with Crippen LogP contribution in [0.15, 0.2) is 24.3 Å². The zero-order chi connectivity index (χ0) is 39.4. The highest BCUT2D eigenvalue weighted by molar-refractivity contribution is 5.80. The molecule has 0 aromatic rings. The van der Waals surface area contributed by atoms with Crippen molar-refractivity contribution in [2.24, 2.45) is 0 Å². The third-order valence-corrected chi connectivity index (χ3v) is 10.6. The molecule has 0 aliphatic heterocycles. The van der Waals surface area contributed by atoms with E-state index in [4.69, 9.17) is 9.84 Å². The van der Waals surface area contributed by atoms with E-state index in [1.165, 1.54) is 154 Å². The molecule has 6 nitrogen and oxygen atoms in total. The third-order valence-electron chi connectivity index (χ3n) is 10.6. The Morgan fingerprint density at radius 2 is 0.852 bits per heavy atom. The largest absolute Gasteiger partial charge is 0.480 e. The minimum absolute atomic E-state index is 0.0177. The van der Waals surface area contributed by atoms with Crippen LogP contribution in [0.25, 0.3) is 0 Å². The van der Waals surface area contributed by atoms with Gasteiger partial charge in [-0.15, -0.1) is 0 Å². The number of ether oxygens (including phenoxy) is 1. The molecule has 0 aliphatic rings. The monoisotopic (exact) mass is 760 g/mol. The highest BCUT2D eigenvalue weighted by atomic mass is 16.5. The Hall–Kier alpha value is -2.11. The summed E-state index contributed by atoms with van der Waals surface area (Å²) in [5.41, 5.74) is 0. The molecule has 0 saturated heterocycles. The standard InChI is InChI=1S/C48H89NO5/c1-3-5-7-9-11-13-15-17-19-20-22-24-26-28-30-35-39-43-48(53)54-45(41-37-33-31-34-38-42-46(50)49-44-47(51)52)40-36-32-29-27-25-23-21-18-16-14-12-10-8-6-4-2/h11,13,17,19,45H,3-10,12,14-16,18,20-44H2,1-2H3,(H,49,50)(H,51,52)/b13-11-,19-17-. The molecular weight excluding hydrogens is 671 g/mol. The van der Waals surface area contributed by atoms with Gasteiger partial charge in [-0.1, -0.05) is 192 Å². The Kier molecular flexibility index (Phi) is 41.9. The van der Waals surface area contributed by atoms with E-state index in [0.717, 1.165) is 70.6 Å². The van der Waals surface area contributed by atoms with Crippen LogP contribution in [0.4, 0.5) is 0 Å². The molecule has 0 radical (unpaired) electrons. The highest BCUT2D eigenvalue weighted by Gasteiger charge is 2.14. The number of nitrogens with one attached hydrogen (secondary N) is 1. The van der Waals surface area contributed by atoms with Crippen LogP contribution in [0.3, 0.4) is 0 Å². The first kappa shape index (κ1) is 51.9. The Balaban J connectivity index is 4.15. The first-order valence-corrected chi connectivity index (χ1v) is 23.5. The van der Waals surface area contributed by atoms with Gasteiger partial charge in [-0.25, -0.2) is 0 Å². The number of hydrogen-bond acceptors (Lipinski definition) is 4. The lowest BCUT2D eigenvalue weighted by molar-refractivity contribution is -0.150. The average Bonchev–Trinajstić information content (AvgIpc) is 3.16. The van der Waals surface area contributed by atoms with Gasteiger partial charge in [0.15, 0.2) is 0 Å². The van der Waals surface area contributed by atoms with Crippen LogP contribution in [0, 0.1) is 0 Å². The molecule has 1 unspecified atom stereocenters. The number of unbranched alkanes of at least 4 members (excludes halogenated alkanes) is 28. The third kappa shape index (κ3) is 42.6. The molecule has 1 atom stereocenters. The lowest BCUT2D eigenvalue weighted by Crippen LogP contribution is -2.28. The quantitative estimate of drug-likeness (QED) is 0.0367. The molecule has 0 aromatic carbocycles. The van der Waals surface area contributed by atoms with Crippen LogP contribution in [0.1, 0.15) is 251 Å². The van der Waals surface area contributed by atoms with Gasteiger partial charge in [0.2, 0.25) is 5.91 Å². The second-order valence-electron chi connectivity index (χ2n) is 16.0. The average molecular weight is 760 g/mol. The van der Waals surface area contributed by atoms with Gasteiger partial charge < -0.3 is 15.2 Å². The van der Waals surface area contributed by atoms with Crippen molar-refractivity contribution in [2.45, 2.75) is 258 Å². The second-order valence-corrected chi connectivity index (χ2v) is 16.0. The van der Waals surface area contributed by atoms with E-state index in [1.54, 1.807) is 0 Å². The van der Waals surface area contributed by atoms with E-state index in [9.17, 15) is 14.4 Å². The molecule has 0 bridgehead atoms. The number of carbonyl (C=O) groups is 3. The SMILES string of the molecule is CCCCC/C=C\C/C=C\CCCCCCCCCC(=O)OC(CCCCCCCCCCCCCCCCC)CCCCCCCC(=O)NCC(=O)O. The number of amides is 1. The summed E-state index contributed by atoms with van der Waals surface area (Å²) in [6.07, 6.45) is 53.0. The summed E-state index contributed by atoms with van der Waals surface area (Å²) in [5, 5.41) is 11.1. The summed E-state index contributed by atoms with van der Waals surface area (Å²) in [6.45, 7) is 4.22.